The number of hydrogen-bond donors (Lipinski definition) is 2. The van der Waals surface area contributed by atoms with Gasteiger partial charge in [-0.15, -0.1) is 0 Å². The predicted molar refractivity (Wildman–Crippen MR) is 86.2 cm³/mol. The van der Waals surface area contributed by atoms with Gasteiger partial charge in [0.25, 0.3) is 0 Å². The molecule has 0 saturated carbocycles. The molecule has 1 heterocycles. The van der Waals surface area contributed by atoms with Gasteiger partial charge in [0, 0.05) is 12.1 Å². The number of hydrogen-bond acceptors (Lipinski definition) is 5. The third-order valence-corrected chi connectivity index (χ3v) is 4.17. The van der Waals surface area contributed by atoms with E-state index in [2.05, 4.69) is 15.0 Å². The van der Waals surface area contributed by atoms with Crippen LogP contribution >= 0.6 is 11.3 Å². The van der Waals surface area contributed by atoms with Crippen molar-refractivity contribution in [2.75, 3.05) is 16.3 Å². The quantitative estimate of drug-likeness (QED) is 0.883. The number of rotatable bonds is 5. The second-order valence-corrected chi connectivity index (χ2v) is 8.00. The zero-order chi connectivity index (χ0) is 15.6. The molecule has 2 rings (SSSR count). The molecule has 0 bridgehead atoms. The van der Waals surface area contributed by atoms with Gasteiger partial charge in [-0.05, 0) is 24.1 Å². The van der Waals surface area contributed by atoms with Crippen LogP contribution in [-0.2, 0) is 14.8 Å². The monoisotopic (exact) mass is 327 g/mol. The minimum Gasteiger partial charge on any atom is -0.326 e. The molecular formula is C13H17N3O3S2. The molecule has 1 aromatic heterocycles. The number of benzene rings is 1. The fourth-order valence-electron chi connectivity index (χ4n) is 1.79. The molecule has 2 N–H and O–H groups in total. The average Bonchev–Trinajstić information content (AvgIpc) is 2.66. The van der Waals surface area contributed by atoms with Gasteiger partial charge in [-0.1, -0.05) is 25.2 Å². The summed E-state index contributed by atoms with van der Waals surface area (Å²) in [5.74, 6) is 0.256. The highest BCUT2D eigenvalue weighted by molar-refractivity contribution is 7.92. The summed E-state index contributed by atoms with van der Waals surface area (Å²) in [6, 6.07) is 5.30. The Labute approximate surface area is 127 Å². The lowest BCUT2D eigenvalue weighted by atomic mass is 10.1. The van der Waals surface area contributed by atoms with Crippen molar-refractivity contribution in [2.24, 2.45) is 5.92 Å². The van der Waals surface area contributed by atoms with Crippen LogP contribution in [0.4, 0.5) is 10.8 Å². The van der Waals surface area contributed by atoms with Crippen molar-refractivity contribution in [3.8, 4) is 0 Å². The smallest absolute Gasteiger partial charge is 0.231 e. The number of carbonyl (C=O) groups excluding carboxylic acids is 1. The lowest BCUT2D eigenvalue weighted by Crippen LogP contribution is -2.13. The number of nitrogens with zero attached hydrogens (tertiary/aromatic N) is 1. The fraction of sp³-hybridized carbons (Fsp3) is 0.385. The standard InChI is InChI=1S/C13H17N3O3S2/c1-8(2)6-12(17)14-9-4-5-10-11(7-9)20-13(15-10)16-21(3,18)19/h4-5,7-8H,6H2,1-3H3,(H,14,17)(H,15,16). The first-order valence-electron chi connectivity index (χ1n) is 6.41. The topological polar surface area (TPSA) is 88.2 Å². The number of aromatic nitrogens is 1. The van der Waals surface area contributed by atoms with Crippen LogP contribution in [0.15, 0.2) is 18.2 Å². The molecule has 0 atom stereocenters. The van der Waals surface area contributed by atoms with Gasteiger partial charge in [0.15, 0.2) is 5.13 Å². The summed E-state index contributed by atoms with van der Waals surface area (Å²) in [7, 11) is -3.34. The fourth-order valence-corrected chi connectivity index (χ4v) is 3.53. The van der Waals surface area contributed by atoms with Gasteiger partial charge < -0.3 is 5.32 Å². The maximum Gasteiger partial charge on any atom is 0.231 e. The molecule has 0 aliphatic heterocycles. The summed E-state index contributed by atoms with van der Waals surface area (Å²) in [5, 5.41) is 3.14. The van der Waals surface area contributed by atoms with E-state index in [9.17, 15) is 13.2 Å². The Balaban J connectivity index is 2.20. The Morgan fingerprint density at radius 3 is 2.71 bits per heavy atom. The Kier molecular flexibility index (Phi) is 4.48. The molecule has 0 fully saturated rings. The van der Waals surface area contributed by atoms with E-state index in [0.717, 1.165) is 11.0 Å². The molecule has 8 heteroatoms. The van der Waals surface area contributed by atoms with Gasteiger partial charge in [-0.25, -0.2) is 13.4 Å². The zero-order valence-electron chi connectivity index (χ0n) is 12.0. The van der Waals surface area contributed by atoms with Crippen LogP contribution in [0.1, 0.15) is 20.3 Å². The minimum absolute atomic E-state index is 0.0386. The summed E-state index contributed by atoms with van der Waals surface area (Å²) < 4.78 is 25.5. The zero-order valence-corrected chi connectivity index (χ0v) is 13.6. The first kappa shape index (κ1) is 15.7. The third-order valence-electron chi connectivity index (χ3n) is 2.54. The number of nitrogens with one attached hydrogen (secondary N) is 2. The van der Waals surface area contributed by atoms with Crippen LogP contribution in [0, 0.1) is 5.92 Å². The lowest BCUT2D eigenvalue weighted by molar-refractivity contribution is -0.116. The van der Waals surface area contributed by atoms with Crippen LogP contribution in [0.2, 0.25) is 0 Å². The second-order valence-electron chi connectivity index (χ2n) is 5.22. The van der Waals surface area contributed by atoms with E-state index in [-0.39, 0.29) is 5.91 Å². The molecule has 0 radical (unpaired) electrons. The minimum atomic E-state index is -3.34. The second kappa shape index (κ2) is 5.98. The maximum atomic E-state index is 11.7. The first-order chi connectivity index (χ1) is 9.73. The van der Waals surface area contributed by atoms with Crippen molar-refractivity contribution in [3.63, 3.8) is 0 Å². The Morgan fingerprint density at radius 1 is 1.38 bits per heavy atom. The van der Waals surface area contributed by atoms with Crippen molar-refractivity contribution >= 4 is 48.3 Å². The van der Waals surface area contributed by atoms with E-state index in [0.29, 0.717) is 28.7 Å². The Morgan fingerprint density at radius 2 is 2.10 bits per heavy atom. The summed E-state index contributed by atoms with van der Waals surface area (Å²) in [5.41, 5.74) is 1.37. The molecule has 0 aliphatic rings. The Hall–Kier alpha value is -1.67. The van der Waals surface area contributed by atoms with Gasteiger partial charge >= 0.3 is 0 Å². The van der Waals surface area contributed by atoms with Crippen LogP contribution < -0.4 is 10.0 Å². The highest BCUT2D eigenvalue weighted by Crippen LogP contribution is 2.28. The third kappa shape index (κ3) is 4.68. The van der Waals surface area contributed by atoms with Gasteiger partial charge in [0.2, 0.25) is 15.9 Å². The number of thiazole rings is 1. The van der Waals surface area contributed by atoms with E-state index in [1.165, 1.54) is 11.3 Å². The summed E-state index contributed by atoms with van der Waals surface area (Å²) in [6.45, 7) is 3.96. The van der Waals surface area contributed by atoms with Gasteiger partial charge in [0.1, 0.15) is 0 Å². The molecule has 0 spiro atoms. The molecule has 6 nitrogen and oxygen atoms in total. The van der Waals surface area contributed by atoms with E-state index < -0.39 is 10.0 Å². The average molecular weight is 327 g/mol. The molecule has 21 heavy (non-hydrogen) atoms. The summed E-state index contributed by atoms with van der Waals surface area (Å²) in [4.78, 5) is 15.9. The van der Waals surface area contributed by atoms with Crippen LogP contribution in [0.3, 0.4) is 0 Å². The number of anilines is 2. The van der Waals surface area contributed by atoms with Gasteiger partial charge in [-0.3, -0.25) is 9.52 Å². The number of sulfonamides is 1. The number of fused-ring (bicyclic) bond motifs is 1. The molecule has 1 aromatic carbocycles. The summed E-state index contributed by atoms with van der Waals surface area (Å²) in [6.07, 6.45) is 1.54. The number of carbonyl (C=O) groups is 1. The highest BCUT2D eigenvalue weighted by Gasteiger charge is 2.10. The van der Waals surface area contributed by atoms with Gasteiger partial charge in [0.05, 0.1) is 16.5 Å². The van der Waals surface area contributed by atoms with Gasteiger partial charge in [-0.2, -0.15) is 0 Å². The highest BCUT2D eigenvalue weighted by atomic mass is 32.2. The molecular weight excluding hydrogens is 310 g/mol. The maximum absolute atomic E-state index is 11.7. The summed E-state index contributed by atoms with van der Waals surface area (Å²) >= 11 is 1.23. The van der Waals surface area contributed by atoms with E-state index in [4.69, 9.17) is 0 Å². The molecule has 2 aromatic rings. The lowest BCUT2D eigenvalue weighted by Gasteiger charge is -2.06. The SMILES string of the molecule is CC(C)CC(=O)Nc1ccc2nc(NS(C)(=O)=O)sc2c1. The molecule has 1 amide bonds. The van der Waals surface area contributed by atoms with Crippen LogP contribution in [0.5, 0.6) is 0 Å². The molecule has 0 aliphatic carbocycles. The van der Waals surface area contributed by atoms with Crippen molar-refractivity contribution < 1.29 is 13.2 Å². The largest absolute Gasteiger partial charge is 0.326 e. The van der Waals surface area contributed by atoms with Crippen molar-refractivity contribution in [2.45, 2.75) is 20.3 Å². The molecule has 0 saturated heterocycles. The van der Waals surface area contributed by atoms with Crippen LogP contribution in [0.25, 0.3) is 10.2 Å². The number of amides is 1. The predicted octanol–water partition coefficient (Wildman–Crippen LogP) is 2.65. The van der Waals surface area contributed by atoms with E-state index in [1.807, 2.05) is 13.8 Å². The van der Waals surface area contributed by atoms with E-state index >= 15 is 0 Å². The van der Waals surface area contributed by atoms with Crippen molar-refractivity contribution in [1.29, 1.82) is 0 Å². The first-order valence-corrected chi connectivity index (χ1v) is 9.12. The van der Waals surface area contributed by atoms with E-state index in [1.54, 1.807) is 18.2 Å². The Bertz CT molecular complexity index is 766. The molecule has 0 unspecified atom stereocenters. The molecule has 114 valence electrons. The van der Waals surface area contributed by atoms with Crippen LogP contribution in [-0.4, -0.2) is 25.6 Å². The van der Waals surface area contributed by atoms with Crippen molar-refractivity contribution in [3.05, 3.63) is 18.2 Å². The van der Waals surface area contributed by atoms with Crippen molar-refractivity contribution in [1.82, 2.24) is 4.98 Å². The normalized spacial score (nSPS) is 11.8.